The van der Waals surface area contributed by atoms with Crippen molar-refractivity contribution in [2.24, 2.45) is 11.8 Å². The summed E-state index contributed by atoms with van der Waals surface area (Å²) in [6.45, 7) is 0. The van der Waals surface area contributed by atoms with Crippen LogP contribution in [0.1, 0.15) is 0 Å². The van der Waals surface area contributed by atoms with Gasteiger partial charge in [0.05, 0.1) is 6.04 Å². The van der Waals surface area contributed by atoms with Crippen LogP contribution in [0, 0.1) is 11.8 Å². The van der Waals surface area contributed by atoms with Gasteiger partial charge in [-0.05, 0) is 0 Å². The van der Waals surface area contributed by atoms with Crippen molar-refractivity contribution in [3.05, 3.63) is 0 Å². The van der Waals surface area contributed by atoms with E-state index < -0.39 is 0 Å². The average Bonchev–Trinajstić information content (AvgIpc) is 2.76. The first-order chi connectivity index (χ1) is 4.84. The third kappa shape index (κ3) is 0.328. The molecule has 0 aromatic heterocycles. The Kier molecular flexibility index (Phi) is 0.577. The molecule has 2 N–H and O–H groups in total. The van der Waals surface area contributed by atoms with Gasteiger partial charge in [-0.25, -0.2) is 10.2 Å². The van der Waals surface area contributed by atoms with Crippen LogP contribution in [-0.4, -0.2) is 30.2 Å². The fourth-order valence-electron chi connectivity index (χ4n) is 2.06. The SMILES string of the molecule is CNC(=O)N1NC2C3C2C31. The molecule has 2 heterocycles. The number of urea groups is 1. The molecule has 4 heteroatoms. The Bertz CT molecular complexity index is 200. The van der Waals surface area contributed by atoms with Gasteiger partial charge < -0.3 is 5.32 Å². The van der Waals surface area contributed by atoms with Gasteiger partial charge in [0.25, 0.3) is 0 Å². The van der Waals surface area contributed by atoms with Gasteiger partial charge in [-0.1, -0.05) is 0 Å². The van der Waals surface area contributed by atoms with Gasteiger partial charge in [-0.15, -0.1) is 0 Å². The van der Waals surface area contributed by atoms with Crippen LogP contribution < -0.4 is 10.7 Å². The van der Waals surface area contributed by atoms with Crippen LogP contribution in [0.3, 0.4) is 0 Å². The molecule has 0 aromatic rings. The van der Waals surface area contributed by atoms with Crippen LogP contribution >= 0.6 is 0 Å². The lowest BCUT2D eigenvalue weighted by Gasteiger charge is -2.13. The molecule has 0 spiro atoms. The lowest BCUT2D eigenvalue weighted by Crippen LogP contribution is -2.42. The van der Waals surface area contributed by atoms with Crippen molar-refractivity contribution in [2.45, 2.75) is 12.1 Å². The first kappa shape index (κ1) is 4.96. The van der Waals surface area contributed by atoms with Crippen molar-refractivity contribution < 1.29 is 4.79 Å². The van der Waals surface area contributed by atoms with Crippen molar-refractivity contribution in [2.75, 3.05) is 7.05 Å². The van der Waals surface area contributed by atoms with Crippen LogP contribution in [0.5, 0.6) is 0 Å². The number of fused-ring (bicyclic) bond motifs is 1. The number of nitrogens with one attached hydrogen (secondary N) is 2. The summed E-state index contributed by atoms with van der Waals surface area (Å²) in [6.07, 6.45) is 0. The van der Waals surface area contributed by atoms with Crippen LogP contribution in [0.4, 0.5) is 4.79 Å². The maximum atomic E-state index is 11.0. The number of hydrogen-bond acceptors (Lipinski definition) is 2. The summed E-state index contributed by atoms with van der Waals surface area (Å²) in [4.78, 5) is 11.0. The summed E-state index contributed by atoms with van der Waals surface area (Å²) in [5.41, 5.74) is 3.14. The molecule has 2 unspecified atom stereocenters. The van der Waals surface area contributed by atoms with Crippen molar-refractivity contribution in [1.29, 1.82) is 0 Å². The number of amides is 2. The number of carbonyl (C=O) groups excluding carboxylic acids is 1. The molecule has 4 nitrogen and oxygen atoms in total. The zero-order chi connectivity index (χ0) is 6.88. The first-order valence-corrected chi connectivity index (χ1v) is 3.61. The molecule has 4 aliphatic rings. The Balaban J connectivity index is 1.78. The second-order valence-corrected chi connectivity index (χ2v) is 3.23. The quantitative estimate of drug-likeness (QED) is 0.459. The molecule has 0 radical (unpaired) electrons. The smallest absolute Gasteiger partial charge is 0.331 e. The van der Waals surface area contributed by atoms with E-state index in [9.17, 15) is 4.79 Å². The van der Waals surface area contributed by atoms with E-state index in [1.165, 1.54) is 0 Å². The zero-order valence-corrected chi connectivity index (χ0v) is 5.66. The van der Waals surface area contributed by atoms with Gasteiger partial charge >= 0.3 is 6.03 Å². The Labute approximate surface area is 58.5 Å². The molecule has 2 bridgehead atoms. The number of nitrogens with zero attached hydrogens (tertiary/aromatic N) is 1. The lowest BCUT2D eigenvalue weighted by atomic mass is 10.3. The number of hydrogen-bond donors (Lipinski definition) is 2. The van der Waals surface area contributed by atoms with E-state index >= 15 is 0 Å². The number of hydrazine groups is 1. The maximum Gasteiger partial charge on any atom is 0.331 e. The zero-order valence-electron chi connectivity index (χ0n) is 5.66. The predicted octanol–water partition coefficient (Wildman–Crippen LogP) is -0.857. The Morgan fingerprint density at radius 2 is 2.30 bits per heavy atom. The molecule has 2 saturated heterocycles. The predicted molar refractivity (Wildman–Crippen MR) is 34.0 cm³/mol. The van der Waals surface area contributed by atoms with Crippen molar-refractivity contribution in [3.63, 3.8) is 0 Å². The second-order valence-electron chi connectivity index (χ2n) is 3.23. The van der Waals surface area contributed by atoms with Crippen molar-refractivity contribution in [3.8, 4) is 0 Å². The summed E-state index contributed by atoms with van der Waals surface area (Å²) >= 11 is 0. The van der Waals surface area contributed by atoms with E-state index in [4.69, 9.17) is 0 Å². The van der Waals surface area contributed by atoms with E-state index in [1.54, 1.807) is 12.1 Å². The second kappa shape index (κ2) is 1.16. The molecule has 54 valence electrons. The molecule has 2 amide bonds. The van der Waals surface area contributed by atoms with Gasteiger partial charge in [0.2, 0.25) is 0 Å². The van der Waals surface area contributed by atoms with Crippen LogP contribution in [0.15, 0.2) is 0 Å². The molecule has 10 heavy (non-hydrogen) atoms. The van der Waals surface area contributed by atoms with E-state index in [0.717, 1.165) is 11.8 Å². The maximum absolute atomic E-state index is 11.0. The highest BCUT2D eigenvalue weighted by molar-refractivity contribution is 5.76. The summed E-state index contributed by atoms with van der Waals surface area (Å²) in [5, 5.41) is 4.34. The average molecular weight is 139 g/mol. The number of carbonyl (C=O) groups is 1. The number of rotatable bonds is 0. The minimum absolute atomic E-state index is 0.0116. The van der Waals surface area contributed by atoms with Crippen molar-refractivity contribution in [1.82, 2.24) is 15.8 Å². The molecule has 2 atom stereocenters. The largest absolute Gasteiger partial charge is 0.340 e. The Morgan fingerprint density at radius 1 is 1.60 bits per heavy atom. The van der Waals surface area contributed by atoms with Crippen LogP contribution in [0.25, 0.3) is 0 Å². The highest BCUT2D eigenvalue weighted by Gasteiger charge is 2.82. The minimum Gasteiger partial charge on any atom is -0.340 e. The first-order valence-electron chi connectivity index (χ1n) is 3.61. The van der Waals surface area contributed by atoms with Crippen LogP contribution in [0.2, 0.25) is 0 Å². The van der Waals surface area contributed by atoms with E-state index in [1.807, 2.05) is 0 Å². The molecule has 2 aliphatic heterocycles. The molecular formula is C6H9N3O. The molecule has 2 saturated carbocycles. The van der Waals surface area contributed by atoms with Gasteiger partial charge in [0.1, 0.15) is 0 Å². The van der Waals surface area contributed by atoms with E-state index in [0.29, 0.717) is 12.1 Å². The van der Waals surface area contributed by atoms with E-state index in [-0.39, 0.29) is 6.03 Å². The normalized spacial score (nSPS) is 52.3. The summed E-state index contributed by atoms with van der Waals surface area (Å²) in [6, 6.07) is 1.21. The van der Waals surface area contributed by atoms with Crippen molar-refractivity contribution >= 4 is 6.03 Å². The van der Waals surface area contributed by atoms with Gasteiger partial charge in [0.15, 0.2) is 0 Å². The minimum atomic E-state index is 0.0116. The Morgan fingerprint density at radius 3 is 2.70 bits per heavy atom. The summed E-state index contributed by atoms with van der Waals surface area (Å²) < 4.78 is 0. The molecule has 4 rings (SSSR count). The van der Waals surface area contributed by atoms with Gasteiger partial charge in [-0.3, -0.25) is 5.01 Å². The molecule has 0 aromatic carbocycles. The topological polar surface area (TPSA) is 44.4 Å². The van der Waals surface area contributed by atoms with Crippen LogP contribution in [-0.2, 0) is 0 Å². The molecule has 4 fully saturated rings. The monoisotopic (exact) mass is 139 g/mol. The van der Waals surface area contributed by atoms with Gasteiger partial charge in [0, 0.05) is 24.9 Å². The third-order valence-corrected chi connectivity index (χ3v) is 2.80. The summed E-state index contributed by atoms with van der Waals surface area (Å²) in [5.74, 6) is 1.63. The lowest BCUT2D eigenvalue weighted by molar-refractivity contribution is 0.191. The fourth-order valence-corrected chi connectivity index (χ4v) is 2.06. The fraction of sp³-hybridized carbons (Fsp3) is 0.833. The van der Waals surface area contributed by atoms with E-state index in [2.05, 4.69) is 10.7 Å². The summed E-state index contributed by atoms with van der Waals surface area (Å²) in [7, 11) is 1.66. The highest BCUT2D eigenvalue weighted by Crippen LogP contribution is 2.69. The third-order valence-electron chi connectivity index (χ3n) is 2.80. The van der Waals surface area contributed by atoms with Gasteiger partial charge in [-0.2, -0.15) is 0 Å². The highest BCUT2D eigenvalue weighted by atomic mass is 16.2. The molecule has 2 aliphatic carbocycles. The molecular weight excluding hydrogens is 130 g/mol. The standard InChI is InChI=1S/C6H9N3O/c1-7-6(10)9-5-2-3(5)4(2)8-9/h2-5,8H,1H3,(H,7,10). The Hall–Kier alpha value is -0.770.